The molecule has 0 aliphatic carbocycles. The fourth-order valence-electron chi connectivity index (χ4n) is 3.96. The van der Waals surface area contributed by atoms with Crippen LogP contribution in [0.4, 0.5) is 0 Å². The van der Waals surface area contributed by atoms with Crippen LogP contribution >= 0.6 is 11.6 Å². The topological polar surface area (TPSA) is 55.8 Å². The van der Waals surface area contributed by atoms with E-state index in [2.05, 4.69) is 35.3 Å². The molecule has 1 heterocycles. The minimum absolute atomic E-state index is 0.360. The number of nitrogens with zero attached hydrogens (tertiary/aromatic N) is 1. The molecule has 0 aliphatic heterocycles. The molecule has 0 spiro atoms. The lowest BCUT2D eigenvalue weighted by Gasteiger charge is -2.12. The Kier molecular flexibility index (Phi) is 7.53. The number of nitrogens with one attached hydrogen (secondary N) is 1. The summed E-state index contributed by atoms with van der Waals surface area (Å²) in [6, 6.07) is 21.6. The Hall–Kier alpha value is -3.44. The molecular weight excluding hydrogens is 436 g/mol. The zero-order valence-electron chi connectivity index (χ0n) is 18.8. The fourth-order valence-corrected chi connectivity index (χ4v) is 4.09. The summed E-state index contributed by atoms with van der Waals surface area (Å²) in [7, 11) is 1.71. The summed E-state index contributed by atoms with van der Waals surface area (Å²) in [6.07, 6.45) is 3.10. The number of rotatable bonds is 10. The molecule has 33 heavy (non-hydrogen) atoms. The van der Waals surface area contributed by atoms with Gasteiger partial charge < -0.3 is 19.3 Å². The highest BCUT2D eigenvalue weighted by molar-refractivity contribution is 6.30. The van der Waals surface area contributed by atoms with E-state index in [0.717, 1.165) is 46.1 Å². The van der Waals surface area contributed by atoms with Crippen LogP contribution in [0.1, 0.15) is 22.4 Å². The van der Waals surface area contributed by atoms with Crippen LogP contribution in [0.15, 0.2) is 71.9 Å². The first kappa shape index (κ1) is 22.7. The molecule has 0 fully saturated rings. The van der Waals surface area contributed by atoms with E-state index < -0.39 is 0 Å². The molecule has 0 atom stereocenters. The second-order valence-electron chi connectivity index (χ2n) is 7.70. The van der Waals surface area contributed by atoms with Gasteiger partial charge in [-0.25, -0.2) is 0 Å². The molecule has 1 aromatic heterocycles. The van der Waals surface area contributed by atoms with Gasteiger partial charge in [-0.3, -0.25) is 0 Å². The van der Waals surface area contributed by atoms with Crippen molar-refractivity contribution in [2.45, 2.75) is 19.8 Å². The summed E-state index contributed by atoms with van der Waals surface area (Å²) in [5.41, 5.74) is 5.75. The quantitative estimate of drug-likeness (QED) is 0.169. The molecule has 0 radical (unpaired) electrons. The number of ether oxygens (including phenoxy) is 2. The van der Waals surface area contributed by atoms with E-state index in [1.807, 2.05) is 48.5 Å². The van der Waals surface area contributed by atoms with E-state index in [1.165, 1.54) is 16.5 Å². The van der Waals surface area contributed by atoms with Gasteiger partial charge in [0.15, 0.2) is 0 Å². The maximum atomic E-state index is 6.07. The average Bonchev–Trinajstić information content (AvgIpc) is 3.16. The summed E-state index contributed by atoms with van der Waals surface area (Å²) in [6.45, 7) is 2.91. The Labute approximate surface area is 198 Å². The van der Waals surface area contributed by atoms with Gasteiger partial charge in [0.25, 0.3) is 0 Å². The number of benzene rings is 3. The first-order chi connectivity index (χ1) is 16.2. The molecule has 170 valence electrons. The SMILES string of the molecule is COc1ccc2[nH]c(C)c(CCON=CCOc3ccccc3)c2c1Cc1ccc(Cl)cc1. The molecule has 0 saturated carbocycles. The molecule has 4 aromatic rings. The summed E-state index contributed by atoms with van der Waals surface area (Å²) >= 11 is 6.07. The van der Waals surface area contributed by atoms with Crippen molar-refractivity contribution in [1.29, 1.82) is 0 Å². The number of aromatic nitrogens is 1. The predicted octanol–water partition coefficient (Wildman–Crippen LogP) is 6.35. The van der Waals surface area contributed by atoms with Crippen molar-refractivity contribution < 1.29 is 14.3 Å². The Morgan fingerprint density at radius 3 is 2.52 bits per heavy atom. The van der Waals surface area contributed by atoms with Gasteiger partial charge in [-0.2, -0.15) is 0 Å². The highest BCUT2D eigenvalue weighted by Gasteiger charge is 2.17. The molecule has 4 rings (SSSR count). The first-order valence-corrected chi connectivity index (χ1v) is 11.3. The van der Waals surface area contributed by atoms with Gasteiger partial charge >= 0.3 is 0 Å². The normalized spacial score (nSPS) is 11.2. The van der Waals surface area contributed by atoms with Crippen LogP contribution in [0.3, 0.4) is 0 Å². The van der Waals surface area contributed by atoms with Crippen LogP contribution in [0, 0.1) is 6.92 Å². The highest BCUT2D eigenvalue weighted by Crippen LogP contribution is 2.34. The smallest absolute Gasteiger partial charge is 0.127 e. The van der Waals surface area contributed by atoms with Crippen molar-refractivity contribution in [3.8, 4) is 11.5 Å². The second kappa shape index (κ2) is 10.9. The zero-order valence-corrected chi connectivity index (χ0v) is 19.6. The van der Waals surface area contributed by atoms with Crippen LogP contribution in [-0.2, 0) is 17.7 Å². The predicted molar refractivity (Wildman–Crippen MR) is 134 cm³/mol. The van der Waals surface area contributed by atoms with E-state index in [4.69, 9.17) is 25.9 Å². The number of H-pyrrole nitrogens is 1. The molecule has 1 N–H and O–H groups in total. The molecule has 0 bridgehead atoms. The Morgan fingerprint density at radius 1 is 0.970 bits per heavy atom. The van der Waals surface area contributed by atoms with E-state index in [0.29, 0.717) is 13.2 Å². The van der Waals surface area contributed by atoms with E-state index in [1.54, 1.807) is 13.3 Å². The minimum atomic E-state index is 0.360. The number of aromatic amines is 1. The number of methoxy groups -OCH3 is 1. The van der Waals surface area contributed by atoms with Gasteiger partial charge in [0.2, 0.25) is 0 Å². The van der Waals surface area contributed by atoms with Crippen molar-refractivity contribution in [2.24, 2.45) is 5.16 Å². The largest absolute Gasteiger partial charge is 0.496 e. The zero-order chi connectivity index (χ0) is 23.0. The number of hydrogen-bond acceptors (Lipinski definition) is 4. The standard InChI is InChI=1S/C27H27ClN2O3/c1-19-23(14-16-33-29-15-17-32-22-6-4-3-5-7-22)27-24(18-20-8-10-21(28)11-9-20)26(31-2)13-12-25(27)30-19/h3-13,15,30H,14,16-18H2,1-2H3. The summed E-state index contributed by atoms with van der Waals surface area (Å²) in [5.74, 6) is 1.68. The molecule has 0 unspecified atom stereocenters. The second-order valence-corrected chi connectivity index (χ2v) is 8.13. The van der Waals surface area contributed by atoms with Gasteiger partial charge in [0.1, 0.15) is 24.7 Å². The van der Waals surface area contributed by atoms with Gasteiger partial charge in [-0.15, -0.1) is 0 Å². The maximum absolute atomic E-state index is 6.07. The Bertz CT molecular complexity index is 1220. The van der Waals surface area contributed by atoms with E-state index in [-0.39, 0.29) is 0 Å². The van der Waals surface area contributed by atoms with Gasteiger partial charge in [-0.1, -0.05) is 47.1 Å². The van der Waals surface area contributed by atoms with Crippen molar-refractivity contribution in [3.63, 3.8) is 0 Å². The monoisotopic (exact) mass is 462 g/mol. The number of hydrogen-bond donors (Lipinski definition) is 1. The lowest BCUT2D eigenvalue weighted by Crippen LogP contribution is -2.01. The third-order valence-electron chi connectivity index (χ3n) is 5.52. The van der Waals surface area contributed by atoms with Crippen LogP contribution in [0.25, 0.3) is 10.9 Å². The maximum Gasteiger partial charge on any atom is 0.127 e. The van der Waals surface area contributed by atoms with E-state index in [9.17, 15) is 0 Å². The molecule has 5 nitrogen and oxygen atoms in total. The number of para-hydroxylation sites is 1. The number of fused-ring (bicyclic) bond motifs is 1. The lowest BCUT2D eigenvalue weighted by molar-refractivity contribution is 0.147. The summed E-state index contributed by atoms with van der Waals surface area (Å²) in [5, 5.41) is 5.94. The third-order valence-corrected chi connectivity index (χ3v) is 5.77. The lowest BCUT2D eigenvalue weighted by atomic mass is 9.96. The van der Waals surface area contributed by atoms with Crippen LogP contribution < -0.4 is 9.47 Å². The third kappa shape index (κ3) is 5.68. The van der Waals surface area contributed by atoms with E-state index >= 15 is 0 Å². The van der Waals surface area contributed by atoms with Crippen molar-refractivity contribution >= 4 is 28.7 Å². The van der Waals surface area contributed by atoms with Crippen LogP contribution in [0.5, 0.6) is 11.5 Å². The molecule has 0 saturated heterocycles. The van der Waals surface area contributed by atoms with Gasteiger partial charge in [0.05, 0.1) is 13.3 Å². The molecule has 0 aliphatic rings. The minimum Gasteiger partial charge on any atom is -0.496 e. The summed E-state index contributed by atoms with van der Waals surface area (Å²) < 4.78 is 11.3. The Morgan fingerprint density at radius 2 is 1.76 bits per heavy atom. The highest BCUT2D eigenvalue weighted by atomic mass is 35.5. The van der Waals surface area contributed by atoms with Gasteiger partial charge in [-0.05, 0) is 54.4 Å². The van der Waals surface area contributed by atoms with Crippen LogP contribution in [0.2, 0.25) is 5.02 Å². The first-order valence-electron chi connectivity index (χ1n) is 10.9. The van der Waals surface area contributed by atoms with Crippen molar-refractivity contribution in [3.05, 3.63) is 94.1 Å². The van der Waals surface area contributed by atoms with Gasteiger partial charge in [0, 0.05) is 40.0 Å². The Balaban J connectivity index is 1.46. The van der Waals surface area contributed by atoms with Crippen LogP contribution in [-0.4, -0.2) is 31.5 Å². The van der Waals surface area contributed by atoms with Crippen molar-refractivity contribution in [2.75, 3.05) is 20.3 Å². The average molecular weight is 463 g/mol. The summed E-state index contributed by atoms with van der Waals surface area (Å²) in [4.78, 5) is 9.01. The molecule has 6 heteroatoms. The number of oxime groups is 1. The molecule has 3 aromatic carbocycles. The molecular formula is C27H27ClN2O3. The number of halogens is 1. The van der Waals surface area contributed by atoms with Crippen molar-refractivity contribution in [1.82, 2.24) is 4.98 Å². The fraction of sp³-hybridized carbons (Fsp3) is 0.222. The molecule has 0 amide bonds. The number of aryl methyl sites for hydroxylation is 1.